The molecule has 18 heavy (non-hydrogen) atoms. The van der Waals surface area contributed by atoms with Gasteiger partial charge in [-0.25, -0.2) is 9.78 Å². The molecule has 7 heteroatoms. The topological polar surface area (TPSA) is 96.2 Å². The highest BCUT2D eigenvalue weighted by molar-refractivity contribution is 5.92. The van der Waals surface area contributed by atoms with Gasteiger partial charge in [0.05, 0.1) is 0 Å². The first-order valence-corrected chi connectivity index (χ1v) is 5.90. The lowest BCUT2D eigenvalue weighted by molar-refractivity contribution is 0.0924. The number of carboxylic acid groups (broad SMARTS) is 1. The number of nitrogens with one attached hydrogen (secondary N) is 2. The van der Waals surface area contributed by atoms with E-state index in [9.17, 15) is 9.59 Å². The Morgan fingerprint density at radius 1 is 1.44 bits per heavy atom. The fourth-order valence-corrected chi connectivity index (χ4v) is 2.17. The van der Waals surface area contributed by atoms with Gasteiger partial charge in [-0.2, -0.15) is 0 Å². The molecule has 3 N–H and O–H groups in total. The third-order valence-corrected chi connectivity index (χ3v) is 3.00. The summed E-state index contributed by atoms with van der Waals surface area (Å²) in [4.78, 5) is 26.4. The van der Waals surface area contributed by atoms with Crippen LogP contribution >= 0.6 is 0 Å². The lowest BCUT2D eigenvalue weighted by Gasteiger charge is -2.10. The molecule has 7 nitrogen and oxygen atoms in total. The van der Waals surface area contributed by atoms with Crippen LogP contribution in [0.2, 0.25) is 0 Å². The molecule has 1 aliphatic carbocycles. The van der Waals surface area contributed by atoms with Crippen molar-refractivity contribution in [2.75, 3.05) is 5.32 Å². The van der Waals surface area contributed by atoms with E-state index in [2.05, 4.69) is 15.6 Å². The highest BCUT2D eigenvalue weighted by Crippen LogP contribution is 2.18. The molecule has 0 atom stereocenters. The van der Waals surface area contributed by atoms with Crippen LogP contribution in [-0.2, 0) is 7.05 Å². The van der Waals surface area contributed by atoms with E-state index in [4.69, 9.17) is 5.11 Å². The molecule has 2 amide bonds. The fourth-order valence-electron chi connectivity index (χ4n) is 2.17. The number of imidazole rings is 1. The zero-order chi connectivity index (χ0) is 13.1. The van der Waals surface area contributed by atoms with Crippen molar-refractivity contribution >= 4 is 17.8 Å². The number of aromatic nitrogens is 2. The molecular weight excluding hydrogens is 236 g/mol. The molecule has 2 rings (SSSR count). The first-order chi connectivity index (χ1) is 8.56. The van der Waals surface area contributed by atoms with Crippen LogP contribution in [0, 0.1) is 0 Å². The zero-order valence-electron chi connectivity index (χ0n) is 10.1. The first-order valence-electron chi connectivity index (χ1n) is 5.90. The van der Waals surface area contributed by atoms with Crippen molar-refractivity contribution in [2.45, 2.75) is 31.7 Å². The molecule has 98 valence electrons. The molecule has 0 spiro atoms. The van der Waals surface area contributed by atoms with Crippen LogP contribution < -0.4 is 10.6 Å². The first kappa shape index (κ1) is 12.4. The number of carbonyl (C=O) groups excluding carboxylic acids is 1. The maximum Gasteiger partial charge on any atom is 0.410 e. The van der Waals surface area contributed by atoms with E-state index in [1.54, 1.807) is 7.05 Å². The van der Waals surface area contributed by atoms with Gasteiger partial charge < -0.3 is 15.0 Å². The smallest absolute Gasteiger partial charge is 0.410 e. The van der Waals surface area contributed by atoms with Gasteiger partial charge in [-0.15, -0.1) is 0 Å². The minimum Gasteiger partial charge on any atom is -0.465 e. The Hall–Kier alpha value is -2.05. The number of anilines is 1. The Morgan fingerprint density at radius 3 is 2.72 bits per heavy atom. The van der Waals surface area contributed by atoms with Gasteiger partial charge in [0.1, 0.15) is 0 Å². The molecule has 0 aliphatic heterocycles. The van der Waals surface area contributed by atoms with Gasteiger partial charge in [-0.1, -0.05) is 12.8 Å². The van der Waals surface area contributed by atoms with E-state index in [1.165, 1.54) is 10.8 Å². The third kappa shape index (κ3) is 2.79. The van der Waals surface area contributed by atoms with Crippen LogP contribution in [0.25, 0.3) is 0 Å². The summed E-state index contributed by atoms with van der Waals surface area (Å²) in [5.74, 6) is 0.107. The van der Waals surface area contributed by atoms with E-state index in [0.717, 1.165) is 25.7 Å². The SMILES string of the molecule is Cn1cc(NC(=O)O)nc1C(=O)NC1CCCC1. The molecule has 0 bridgehead atoms. The average Bonchev–Trinajstić information content (AvgIpc) is 2.87. The Balaban J connectivity index is 2.04. The quantitative estimate of drug-likeness (QED) is 0.752. The molecule has 1 aliphatic rings. The molecule has 1 fully saturated rings. The normalized spacial score (nSPS) is 15.6. The number of hydrogen-bond donors (Lipinski definition) is 3. The van der Waals surface area contributed by atoms with Crippen LogP contribution in [0.3, 0.4) is 0 Å². The maximum absolute atomic E-state index is 12.0. The number of hydrogen-bond acceptors (Lipinski definition) is 3. The van der Waals surface area contributed by atoms with Gasteiger partial charge in [-0.05, 0) is 12.8 Å². The predicted molar refractivity (Wildman–Crippen MR) is 64.6 cm³/mol. The summed E-state index contributed by atoms with van der Waals surface area (Å²) in [7, 11) is 1.66. The molecule has 1 heterocycles. The fraction of sp³-hybridized carbons (Fsp3) is 0.545. The Bertz CT molecular complexity index is 463. The Kier molecular flexibility index (Phi) is 3.50. The van der Waals surface area contributed by atoms with Gasteiger partial charge in [0.2, 0.25) is 5.82 Å². The lowest BCUT2D eigenvalue weighted by Crippen LogP contribution is -2.34. The van der Waals surface area contributed by atoms with Crippen LogP contribution in [0.1, 0.15) is 36.3 Å². The predicted octanol–water partition coefficient (Wildman–Crippen LogP) is 1.18. The molecule has 1 saturated carbocycles. The molecule has 0 radical (unpaired) electrons. The molecule has 0 aromatic carbocycles. The third-order valence-electron chi connectivity index (χ3n) is 3.00. The van der Waals surface area contributed by atoms with Crippen LogP contribution in [-0.4, -0.2) is 32.7 Å². The largest absolute Gasteiger partial charge is 0.465 e. The molecule has 0 saturated heterocycles. The standard InChI is InChI=1S/C11H16N4O3/c1-15-6-8(14-11(17)18)13-9(15)10(16)12-7-4-2-3-5-7/h6-7,14H,2-5H2,1H3,(H,12,16)(H,17,18). The van der Waals surface area contributed by atoms with E-state index in [0.29, 0.717) is 0 Å². The number of rotatable bonds is 3. The number of amides is 2. The van der Waals surface area contributed by atoms with E-state index in [-0.39, 0.29) is 23.6 Å². The highest BCUT2D eigenvalue weighted by atomic mass is 16.4. The Labute approximate surface area is 104 Å². The Morgan fingerprint density at radius 2 is 2.11 bits per heavy atom. The van der Waals surface area contributed by atoms with Gasteiger partial charge in [0.15, 0.2) is 5.82 Å². The van der Waals surface area contributed by atoms with Crippen molar-refractivity contribution in [2.24, 2.45) is 7.05 Å². The van der Waals surface area contributed by atoms with Crippen molar-refractivity contribution in [3.05, 3.63) is 12.0 Å². The highest BCUT2D eigenvalue weighted by Gasteiger charge is 2.21. The van der Waals surface area contributed by atoms with E-state index < -0.39 is 6.09 Å². The maximum atomic E-state index is 12.0. The van der Waals surface area contributed by atoms with E-state index in [1.807, 2.05) is 0 Å². The van der Waals surface area contributed by atoms with Gasteiger partial charge >= 0.3 is 6.09 Å². The lowest BCUT2D eigenvalue weighted by atomic mass is 10.2. The summed E-state index contributed by atoms with van der Waals surface area (Å²) in [6.07, 6.45) is 4.54. The summed E-state index contributed by atoms with van der Waals surface area (Å²) in [5, 5.41) is 13.6. The van der Waals surface area contributed by atoms with Gasteiger partial charge in [0.25, 0.3) is 5.91 Å². The molecule has 0 unspecified atom stereocenters. The second kappa shape index (κ2) is 5.07. The van der Waals surface area contributed by atoms with E-state index >= 15 is 0 Å². The van der Waals surface area contributed by atoms with Crippen molar-refractivity contribution < 1.29 is 14.7 Å². The van der Waals surface area contributed by atoms with Gasteiger partial charge in [0, 0.05) is 19.3 Å². The number of aryl methyl sites for hydroxylation is 1. The summed E-state index contributed by atoms with van der Waals surface area (Å²) < 4.78 is 1.51. The van der Waals surface area contributed by atoms with Crippen molar-refractivity contribution in [3.8, 4) is 0 Å². The summed E-state index contributed by atoms with van der Waals surface area (Å²) in [6.45, 7) is 0. The molecular formula is C11H16N4O3. The summed E-state index contributed by atoms with van der Waals surface area (Å²) in [6, 6.07) is 0.213. The van der Waals surface area contributed by atoms with Crippen LogP contribution in [0.5, 0.6) is 0 Å². The monoisotopic (exact) mass is 252 g/mol. The minimum atomic E-state index is -1.20. The molecule has 1 aromatic heterocycles. The van der Waals surface area contributed by atoms with Crippen molar-refractivity contribution in [1.82, 2.24) is 14.9 Å². The zero-order valence-corrected chi connectivity index (χ0v) is 10.1. The molecule has 1 aromatic rings. The average molecular weight is 252 g/mol. The summed E-state index contributed by atoms with van der Waals surface area (Å²) in [5.41, 5.74) is 0. The number of nitrogens with zero attached hydrogens (tertiary/aromatic N) is 2. The second-order valence-electron chi connectivity index (χ2n) is 4.45. The van der Waals surface area contributed by atoms with Crippen molar-refractivity contribution in [1.29, 1.82) is 0 Å². The minimum absolute atomic E-state index is 0.154. The van der Waals surface area contributed by atoms with Crippen LogP contribution in [0.4, 0.5) is 10.6 Å². The van der Waals surface area contributed by atoms with Gasteiger partial charge in [-0.3, -0.25) is 10.1 Å². The van der Waals surface area contributed by atoms with Crippen LogP contribution in [0.15, 0.2) is 6.20 Å². The number of carbonyl (C=O) groups is 2. The van der Waals surface area contributed by atoms with Crippen molar-refractivity contribution in [3.63, 3.8) is 0 Å². The second-order valence-corrected chi connectivity index (χ2v) is 4.45. The summed E-state index contributed by atoms with van der Waals surface area (Å²) >= 11 is 0.